The molecule has 2 fully saturated rings. The number of amidine groups is 1. The quantitative estimate of drug-likeness (QED) is 0.485. The first-order valence-electron chi connectivity index (χ1n) is 7.03. The van der Waals surface area contributed by atoms with E-state index in [1.54, 1.807) is 24.8 Å². The lowest BCUT2D eigenvalue weighted by Crippen LogP contribution is -2.29. The van der Waals surface area contributed by atoms with Crippen LogP contribution in [0.2, 0.25) is 0 Å². The Morgan fingerprint density at radius 3 is 2.77 bits per heavy atom. The molecule has 2 saturated heterocycles. The van der Waals surface area contributed by atoms with Crippen LogP contribution in [0.1, 0.15) is 37.3 Å². The molecule has 0 aliphatic carbocycles. The van der Waals surface area contributed by atoms with Crippen LogP contribution in [-0.4, -0.2) is 35.1 Å². The number of aryl methyl sites for hydroxylation is 1. The summed E-state index contributed by atoms with van der Waals surface area (Å²) in [5.41, 5.74) is 0.543. The van der Waals surface area contributed by atoms with Crippen LogP contribution in [0.25, 0.3) is 0 Å². The molecule has 8 nitrogen and oxygen atoms in total. The molecule has 1 atom stereocenters. The number of carbonyl (C=O) groups excluding carboxylic acids is 3. The Hall–Kier alpha value is -2.64. The fourth-order valence-corrected chi connectivity index (χ4v) is 2.59. The summed E-state index contributed by atoms with van der Waals surface area (Å²) in [5, 5.41) is 4.62. The molecule has 1 unspecified atom stereocenters. The normalized spacial score (nSPS) is 22.3. The van der Waals surface area contributed by atoms with Gasteiger partial charge in [0.2, 0.25) is 5.91 Å². The minimum Gasteiger partial charge on any atom is -0.461 e. The number of furan rings is 1. The molecule has 0 radical (unpaired) electrons. The van der Waals surface area contributed by atoms with E-state index in [4.69, 9.17) is 4.42 Å². The van der Waals surface area contributed by atoms with E-state index in [0.29, 0.717) is 36.0 Å². The first-order valence-corrected chi connectivity index (χ1v) is 7.03. The first-order chi connectivity index (χ1) is 10.5. The van der Waals surface area contributed by atoms with Crippen molar-refractivity contribution >= 4 is 29.4 Å². The maximum Gasteiger partial charge on any atom is 0.322 e. The predicted molar refractivity (Wildman–Crippen MR) is 76.6 cm³/mol. The third-order valence-corrected chi connectivity index (χ3v) is 3.72. The van der Waals surface area contributed by atoms with Crippen molar-refractivity contribution in [3.63, 3.8) is 0 Å². The molecule has 22 heavy (non-hydrogen) atoms. The zero-order valence-corrected chi connectivity index (χ0v) is 12.3. The van der Waals surface area contributed by atoms with Gasteiger partial charge in [-0.15, -0.1) is 0 Å². The van der Waals surface area contributed by atoms with Crippen molar-refractivity contribution in [3.8, 4) is 0 Å². The molecule has 2 aliphatic rings. The Labute approximate surface area is 126 Å². The van der Waals surface area contributed by atoms with Crippen molar-refractivity contribution in [1.82, 2.24) is 15.5 Å². The van der Waals surface area contributed by atoms with E-state index in [1.165, 1.54) is 0 Å². The second-order valence-corrected chi connectivity index (χ2v) is 5.29. The van der Waals surface area contributed by atoms with Gasteiger partial charge in [-0.05, 0) is 20.3 Å². The molecule has 3 heterocycles. The molecule has 2 N–H and O–H groups in total. The number of nitrogens with zero attached hydrogens (tertiary/aromatic N) is 2. The second-order valence-electron chi connectivity index (χ2n) is 5.29. The maximum atomic E-state index is 11.7. The molecule has 3 rings (SSSR count). The number of imide groups is 1. The van der Waals surface area contributed by atoms with Gasteiger partial charge in [0.25, 0.3) is 5.91 Å². The Morgan fingerprint density at radius 1 is 1.41 bits per heavy atom. The molecule has 2 aliphatic heterocycles. The van der Waals surface area contributed by atoms with Crippen LogP contribution in [0.15, 0.2) is 15.5 Å². The summed E-state index contributed by atoms with van der Waals surface area (Å²) in [5.74, 6) is 1.04. The van der Waals surface area contributed by atoms with E-state index in [2.05, 4.69) is 15.6 Å². The standard InChI is InChI=1S/C14H16N4O4/c1-7-9(15-8(2)18-5-3-4-11(18)19)6-10(22-7)12-13(20)17-14(21)16-12/h6,12H,3-5H2,1-2H3,(H2,16,17,20,21). The van der Waals surface area contributed by atoms with Crippen molar-refractivity contribution in [2.24, 2.45) is 4.99 Å². The number of aliphatic imine (C=N–C) groups is 1. The second kappa shape index (κ2) is 5.28. The third kappa shape index (κ3) is 2.47. The number of rotatable bonds is 2. The summed E-state index contributed by atoms with van der Waals surface area (Å²) in [4.78, 5) is 40.5. The molecule has 1 aromatic heterocycles. The van der Waals surface area contributed by atoms with Crippen LogP contribution in [0, 0.1) is 6.92 Å². The summed E-state index contributed by atoms with van der Waals surface area (Å²) >= 11 is 0. The Kier molecular flexibility index (Phi) is 3.44. The number of carbonyl (C=O) groups is 3. The monoisotopic (exact) mass is 304 g/mol. The van der Waals surface area contributed by atoms with E-state index < -0.39 is 18.0 Å². The largest absolute Gasteiger partial charge is 0.461 e. The minimum absolute atomic E-state index is 0.0602. The van der Waals surface area contributed by atoms with Crippen molar-refractivity contribution < 1.29 is 18.8 Å². The van der Waals surface area contributed by atoms with Gasteiger partial charge in [0.1, 0.15) is 23.0 Å². The first kappa shape index (κ1) is 14.3. The highest BCUT2D eigenvalue weighted by Crippen LogP contribution is 2.29. The Morgan fingerprint density at radius 2 is 2.18 bits per heavy atom. The molecule has 4 amide bonds. The number of likely N-dealkylation sites (tertiary alicyclic amines) is 1. The molecule has 0 spiro atoms. The molecule has 0 bridgehead atoms. The fraction of sp³-hybridized carbons (Fsp3) is 0.429. The molecule has 8 heteroatoms. The number of urea groups is 1. The molecular weight excluding hydrogens is 288 g/mol. The molecule has 116 valence electrons. The van der Waals surface area contributed by atoms with Crippen molar-refractivity contribution in [1.29, 1.82) is 0 Å². The van der Waals surface area contributed by atoms with Crippen LogP contribution >= 0.6 is 0 Å². The highest BCUT2D eigenvalue weighted by molar-refractivity contribution is 6.04. The molecule has 1 aromatic rings. The molecule has 0 aromatic carbocycles. The van der Waals surface area contributed by atoms with Gasteiger partial charge < -0.3 is 14.6 Å². The maximum absolute atomic E-state index is 11.7. The number of amides is 4. The summed E-state index contributed by atoms with van der Waals surface area (Å²) < 4.78 is 5.52. The summed E-state index contributed by atoms with van der Waals surface area (Å²) in [6.45, 7) is 4.15. The van der Waals surface area contributed by atoms with Gasteiger partial charge in [0.05, 0.1) is 0 Å². The van der Waals surface area contributed by atoms with E-state index in [9.17, 15) is 14.4 Å². The van der Waals surface area contributed by atoms with Gasteiger partial charge in [-0.2, -0.15) is 0 Å². The minimum atomic E-state index is -0.844. The fourth-order valence-electron chi connectivity index (χ4n) is 2.59. The van der Waals surface area contributed by atoms with Crippen LogP contribution < -0.4 is 10.6 Å². The van der Waals surface area contributed by atoms with E-state index in [-0.39, 0.29) is 5.91 Å². The van der Waals surface area contributed by atoms with Gasteiger partial charge in [-0.1, -0.05) is 0 Å². The lowest BCUT2D eigenvalue weighted by atomic mass is 10.2. The van der Waals surface area contributed by atoms with Gasteiger partial charge in [0.15, 0.2) is 6.04 Å². The van der Waals surface area contributed by atoms with Gasteiger partial charge in [0, 0.05) is 19.0 Å². The van der Waals surface area contributed by atoms with E-state index in [0.717, 1.165) is 6.42 Å². The third-order valence-electron chi connectivity index (χ3n) is 3.72. The zero-order valence-electron chi connectivity index (χ0n) is 12.3. The van der Waals surface area contributed by atoms with Crippen LogP contribution in [0.3, 0.4) is 0 Å². The summed E-state index contributed by atoms with van der Waals surface area (Å²) in [6, 6.07) is 0.215. The zero-order chi connectivity index (χ0) is 15.9. The van der Waals surface area contributed by atoms with Gasteiger partial charge in [-0.25, -0.2) is 9.79 Å². The van der Waals surface area contributed by atoms with Crippen molar-refractivity contribution in [2.45, 2.75) is 32.7 Å². The number of hydrogen-bond acceptors (Lipinski definition) is 5. The van der Waals surface area contributed by atoms with E-state index in [1.807, 2.05) is 0 Å². The highest BCUT2D eigenvalue weighted by Gasteiger charge is 2.34. The van der Waals surface area contributed by atoms with Crippen LogP contribution in [0.4, 0.5) is 10.5 Å². The van der Waals surface area contributed by atoms with Crippen LogP contribution in [0.5, 0.6) is 0 Å². The summed E-state index contributed by atoms with van der Waals surface area (Å²) in [6.07, 6.45) is 1.37. The average molecular weight is 304 g/mol. The van der Waals surface area contributed by atoms with E-state index >= 15 is 0 Å². The topological polar surface area (TPSA) is 104 Å². The Bertz CT molecular complexity index is 691. The molecular formula is C14H16N4O4. The van der Waals surface area contributed by atoms with Gasteiger partial charge >= 0.3 is 6.03 Å². The van der Waals surface area contributed by atoms with Crippen molar-refractivity contribution in [2.75, 3.05) is 6.54 Å². The number of nitrogens with one attached hydrogen (secondary N) is 2. The predicted octanol–water partition coefficient (Wildman–Crippen LogP) is 1.14. The number of hydrogen-bond donors (Lipinski definition) is 2. The lowest BCUT2D eigenvalue weighted by molar-refractivity contribution is -0.124. The average Bonchev–Trinajstić information content (AvgIpc) is 3.11. The smallest absolute Gasteiger partial charge is 0.322 e. The Balaban J connectivity index is 1.85. The van der Waals surface area contributed by atoms with Gasteiger partial charge in [-0.3, -0.25) is 14.9 Å². The SMILES string of the molecule is CC(=Nc1cc(C2NC(=O)NC2=O)oc1C)N1CCCC1=O. The molecule has 0 saturated carbocycles. The van der Waals surface area contributed by atoms with Crippen LogP contribution in [-0.2, 0) is 9.59 Å². The summed E-state index contributed by atoms with van der Waals surface area (Å²) in [7, 11) is 0. The highest BCUT2D eigenvalue weighted by atomic mass is 16.3. The van der Waals surface area contributed by atoms with Crippen molar-refractivity contribution in [3.05, 3.63) is 17.6 Å². The lowest BCUT2D eigenvalue weighted by Gasteiger charge is -2.14.